The lowest BCUT2D eigenvalue weighted by Gasteiger charge is -2.39. The summed E-state index contributed by atoms with van der Waals surface area (Å²) in [6.07, 6.45) is -3.79. The smallest absolute Gasteiger partial charge is 0.364 e. The van der Waals surface area contributed by atoms with Crippen molar-refractivity contribution in [1.82, 2.24) is 0 Å². The Morgan fingerprint density at radius 3 is 2.33 bits per heavy atom. The van der Waals surface area contributed by atoms with Crippen molar-refractivity contribution in [2.45, 2.75) is 58.4 Å². The molecule has 0 spiro atoms. The highest BCUT2D eigenvalue weighted by Crippen LogP contribution is 2.37. The van der Waals surface area contributed by atoms with E-state index in [9.17, 15) is 13.2 Å². The topological polar surface area (TPSA) is 35.2 Å². The summed E-state index contributed by atoms with van der Waals surface area (Å²) in [5.74, 6) is 0.975. The van der Waals surface area contributed by atoms with Gasteiger partial charge < -0.3 is 10.5 Å². The van der Waals surface area contributed by atoms with E-state index >= 15 is 0 Å². The molecule has 4 atom stereocenters. The fourth-order valence-electron chi connectivity index (χ4n) is 2.75. The van der Waals surface area contributed by atoms with Crippen molar-refractivity contribution in [3.63, 3.8) is 0 Å². The van der Waals surface area contributed by atoms with E-state index in [1.165, 1.54) is 0 Å². The van der Waals surface area contributed by atoms with E-state index in [4.69, 9.17) is 10.5 Å². The molecule has 0 aromatic heterocycles. The van der Waals surface area contributed by atoms with Gasteiger partial charge in [0.25, 0.3) is 0 Å². The van der Waals surface area contributed by atoms with Gasteiger partial charge in [-0.05, 0) is 30.6 Å². The van der Waals surface area contributed by atoms with Gasteiger partial charge in [-0.1, -0.05) is 27.2 Å². The Balaban J connectivity index is 2.70. The van der Waals surface area contributed by atoms with Crippen LogP contribution in [0.4, 0.5) is 13.2 Å². The molecule has 5 heteroatoms. The Kier molecular flexibility index (Phi) is 5.46. The highest BCUT2D eigenvalue weighted by atomic mass is 19.4. The van der Waals surface area contributed by atoms with E-state index in [1.54, 1.807) is 0 Å². The standard InChI is InChI=1S/C13H24F3NO/c1-8(2)10-5-4-9(3)6-11(10)18-12(7-17)13(14,15)16/h8-12H,4-7,17H2,1-3H3. The largest absolute Gasteiger partial charge is 0.415 e. The van der Waals surface area contributed by atoms with Crippen LogP contribution in [0.25, 0.3) is 0 Å². The van der Waals surface area contributed by atoms with Crippen molar-refractivity contribution in [3.8, 4) is 0 Å². The molecule has 4 unspecified atom stereocenters. The summed E-state index contributed by atoms with van der Waals surface area (Å²) in [5, 5.41) is 0. The van der Waals surface area contributed by atoms with Gasteiger partial charge in [-0.15, -0.1) is 0 Å². The summed E-state index contributed by atoms with van der Waals surface area (Å²) in [7, 11) is 0. The van der Waals surface area contributed by atoms with Crippen molar-refractivity contribution >= 4 is 0 Å². The number of nitrogens with two attached hydrogens (primary N) is 1. The van der Waals surface area contributed by atoms with E-state index in [0.29, 0.717) is 18.3 Å². The molecule has 108 valence electrons. The number of ether oxygens (including phenoxy) is 1. The quantitative estimate of drug-likeness (QED) is 0.847. The molecular weight excluding hydrogens is 243 g/mol. The lowest BCUT2D eigenvalue weighted by molar-refractivity contribution is -0.240. The molecule has 1 aliphatic carbocycles. The zero-order valence-corrected chi connectivity index (χ0v) is 11.3. The predicted octanol–water partition coefficient (Wildman–Crippen LogP) is 3.35. The molecule has 0 aliphatic heterocycles. The average Bonchev–Trinajstić information content (AvgIpc) is 2.23. The summed E-state index contributed by atoms with van der Waals surface area (Å²) in [4.78, 5) is 0. The fourth-order valence-corrected chi connectivity index (χ4v) is 2.75. The first-order valence-corrected chi connectivity index (χ1v) is 6.68. The van der Waals surface area contributed by atoms with Crippen LogP contribution in [-0.2, 0) is 4.74 Å². The van der Waals surface area contributed by atoms with Gasteiger partial charge in [-0.25, -0.2) is 0 Å². The van der Waals surface area contributed by atoms with Crippen LogP contribution in [0.2, 0.25) is 0 Å². The molecule has 0 aromatic carbocycles. The van der Waals surface area contributed by atoms with Crippen LogP contribution in [0.3, 0.4) is 0 Å². The monoisotopic (exact) mass is 267 g/mol. The molecule has 0 saturated heterocycles. The lowest BCUT2D eigenvalue weighted by Crippen LogP contribution is -2.45. The Hall–Kier alpha value is -0.290. The van der Waals surface area contributed by atoms with Crippen molar-refractivity contribution in [3.05, 3.63) is 0 Å². The van der Waals surface area contributed by atoms with Crippen molar-refractivity contribution in [2.75, 3.05) is 6.54 Å². The first-order valence-electron chi connectivity index (χ1n) is 6.68. The molecule has 2 nitrogen and oxygen atoms in total. The van der Waals surface area contributed by atoms with E-state index in [0.717, 1.165) is 12.8 Å². The van der Waals surface area contributed by atoms with Gasteiger partial charge in [0.05, 0.1) is 6.10 Å². The van der Waals surface area contributed by atoms with Gasteiger partial charge in [0.2, 0.25) is 0 Å². The van der Waals surface area contributed by atoms with Crippen LogP contribution in [0, 0.1) is 17.8 Å². The third-order valence-corrected chi connectivity index (χ3v) is 3.88. The van der Waals surface area contributed by atoms with Crippen molar-refractivity contribution in [2.24, 2.45) is 23.5 Å². The summed E-state index contributed by atoms with van der Waals surface area (Å²) in [6, 6.07) is 0. The highest BCUT2D eigenvalue weighted by Gasteiger charge is 2.43. The van der Waals surface area contributed by atoms with Gasteiger partial charge in [0.1, 0.15) is 0 Å². The molecule has 1 fully saturated rings. The van der Waals surface area contributed by atoms with Crippen LogP contribution < -0.4 is 5.73 Å². The second kappa shape index (κ2) is 6.24. The second-order valence-corrected chi connectivity index (χ2v) is 5.77. The summed E-state index contributed by atoms with van der Waals surface area (Å²) in [5.41, 5.74) is 5.19. The number of rotatable bonds is 4. The molecule has 18 heavy (non-hydrogen) atoms. The van der Waals surface area contributed by atoms with Crippen LogP contribution in [0.5, 0.6) is 0 Å². The Morgan fingerprint density at radius 1 is 1.28 bits per heavy atom. The van der Waals surface area contributed by atoms with Crippen LogP contribution in [0.15, 0.2) is 0 Å². The summed E-state index contributed by atoms with van der Waals surface area (Å²) in [6.45, 7) is 5.65. The molecule has 1 rings (SSSR count). The third kappa shape index (κ3) is 4.12. The zero-order chi connectivity index (χ0) is 13.9. The first kappa shape index (κ1) is 15.8. The molecule has 0 aromatic rings. The fraction of sp³-hybridized carbons (Fsp3) is 1.00. The Morgan fingerprint density at radius 2 is 1.89 bits per heavy atom. The maximum atomic E-state index is 12.7. The minimum atomic E-state index is -4.36. The molecule has 0 amide bonds. The van der Waals surface area contributed by atoms with Gasteiger partial charge in [0, 0.05) is 6.54 Å². The van der Waals surface area contributed by atoms with E-state index in [-0.39, 0.29) is 12.0 Å². The molecule has 1 saturated carbocycles. The highest BCUT2D eigenvalue weighted by molar-refractivity contribution is 4.83. The number of halogens is 3. The van der Waals surface area contributed by atoms with Gasteiger partial charge in [-0.3, -0.25) is 0 Å². The van der Waals surface area contributed by atoms with E-state index < -0.39 is 18.8 Å². The average molecular weight is 267 g/mol. The number of hydrogen-bond donors (Lipinski definition) is 1. The van der Waals surface area contributed by atoms with Crippen LogP contribution in [0.1, 0.15) is 40.0 Å². The van der Waals surface area contributed by atoms with Crippen molar-refractivity contribution < 1.29 is 17.9 Å². The zero-order valence-electron chi connectivity index (χ0n) is 11.3. The minimum Gasteiger partial charge on any atom is -0.364 e. The molecule has 1 aliphatic rings. The Labute approximate surface area is 107 Å². The lowest BCUT2D eigenvalue weighted by atomic mass is 9.75. The van der Waals surface area contributed by atoms with E-state index in [1.807, 2.05) is 13.8 Å². The molecule has 0 radical (unpaired) electrons. The molecule has 2 N–H and O–H groups in total. The summed E-state index contributed by atoms with van der Waals surface area (Å²) < 4.78 is 43.4. The van der Waals surface area contributed by atoms with Crippen molar-refractivity contribution in [1.29, 1.82) is 0 Å². The third-order valence-electron chi connectivity index (χ3n) is 3.88. The predicted molar refractivity (Wildman–Crippen MR) is 65.1 cm³/mol. The van der Waals surface area contributed by atoms with Crippen LogP contribution >= 0.6 is 0 Å². The summed E-state index contributed by atoms with van der Waals surface area (Å²) >= 11 is 0. The molecular formula is C13H24F3NO. The molecule has 0 heterocycles. The van der Waals surface area contributed by atoms with Gasteiger partial charge in [-0.2, -0.15) is 13.2 Å². The van der Waals surface area contributed by atoms with Gasteiger partial charge >= 0.3 is 6.18 Å². The maximum absolute atomic E-state index is 12.7. The second-order valence-electron chi connectivity index (χ2n) is 5.77. The van der Waals surface area contributed by atoms with E-state index in [2.05, 4.69) is 6.92 Å². The maximum Gasteiger partial charge on any atom is 0.415 e. The SMILES string of the molecule is CC1CCC(C(C)C)C(OC(CN)C(F)(F)F)C1. The van der Waals surface area contributed by atoms with Crippen LogP contribution in [-0.4, -0.2) is 24.9 Å². The molecule has 0 bridgehead atoms. The van der Waals surface area contributed by atoms with Gasteiger partial charge in [0.15, 0.2) is 6.10 Å². The number of hydrogen-bond acceptors (Lipinski definition) is 2. The number of alkyl halides is 3. The Bertz CT molecular complexity index is 255. The minimum absolute atomic E-state index is 0.206. The first-order chi connectivity index (χ1) is 8.25. The normalized spacial score (nSPS) is 31.7.